The Morgan fingerprint density at radius 2 is 2.31 bits per heavy atom. The second-order valence-electron chi connectivity index (χ2n) is 2.63. The monoisotopic (exact) mass is 180 g/mol. The number of hydrogen-bond donors (Lipinski definition) is 3. The van der Waals surface area contributed by atoms with Crippen LogP contribution < -0.4 is 11.1 Å². The van der Waals surface area contributed by atoms with Crippen LogP contribution in [0.15, 0.2) is 18.2 Å². The van der Waals surface area contributed by atoms with E-state index in [0.717, 1.165) is 0 Å². The molecule has 0 aromatic heterocycles. The number of amides is 1. The molecule has 70 valence electrons. The van der Waals surface area contributed by atoms with Gasteiger partial charge in [0.25, 0.3) is 5.91 Å². The molecule has 4 heteroatoms. The van der Waals surface area contributed by atoms with Crippen molar-refractivity contribution in [1.29, 1.82) is 0 Å². The molecular formula is C9H12N2O2. The molecule has 0 atom stereocenters. The minimum absolute atomic E-state index is 0.0660. The van der Waals surface area contributed by atoms with E-state index in [1.165, 1.54) is 12.1 Å². The molecule has 4 N–H and O–H groups in total. The summed E-state index contributed by atoms with van der Waals surface area (Å²) in [6.07, 6.45) is 0. The Hall–Kier alpha value is -1.71. The number of aromatic hydroxyl groups is 1. The van der Waals surface area contributed by atoms with Crippen LogP contribution in [0.3, 0.4) is 0 Å². The molecule has 0 radical (unpaired) electrons. The Balaban J connectivity index is 2.90. The van der Waals surface area contributed by atoms with Crippen LogP contribution in [0.5, 0.6) is 5.75 Å². The van der Waals surface area contributed by atoms with Gasteiger partial charge < -0.3 is 16.2 Å². The number of nitrogen functional groups attached to an aromatic ring is 1. The normalized spacial score (nSPS) is 9.62. The summed E-state index contributed by atoms with van der Waals surface area (Å²) in [5.41, 5.74) is 6.06. The van der Waals surface area contributed by atoms with Gasteiger partial charge in [-0.2, -0.15) is 0 Å². The summed E-state index contributed by atoms with van der Waals surface area (Å²) in [4.78, 5) is 11.2. The van der Waals surface area contributed by atoms with Gasteiger partial charge in [-0.3, -0.25) is 4.79 Å². The van der Waals surface area contributed by atoms with Crippen molar-refractivity contribution in [3.05, 3.63) is 23.8 Å². The fourth-order valence-electron chi connectivity index (χ4n) is 0.948. The summed E-state index contributed by atoms with van der Waals surface area (Å²) in [5.74, 6) is -0.276. The molecule has 0 unspecified atom stereocenters. The summed E-state index contributed by atoms with van der Waals surface area (Å²) in [5, 5.41) is 11.8. The lowest BCUT2D eigenvalue weighted by Crippen LogP contribution is -2.22. The highest BCUT2D eigenvalue weighted by Gasteiger charge is 2.05. The largest absolute Gasteiger partial charge is 0.506 e. The first-order valence-corrected chi connectivity index (χ1v) is 4.02. The zero-order chi connectivity index (χ0) is 9.84. The van der Waals surface area contributed by atoms with Gasteiger partial charge in [-0.05, 0) is 25.1 Å². The zero-order valence-corrected chi connectivity index (χ0v) is 7.37. The maximum Gasteiger partial charge on any atom is 0.251 e. The number of phenols is 1. The molecule has 0 saturated carbocycles. The van der Waals surface area contributed by atoms with Crippen molar-refractivity contribution in [1.82, 2.24) is 5.32 Å². The number of carbonyl (C=O) groups excluding carboxylic acids is 1. The van der Waals surface area contributed by atoms with Crippen LogP contribution in [0.4, 0.5) is 5.69 Å². The number of nitrogens with two attached hydrogens (primary N) is 1. The predicted octanol–water partition coefficient (Wildman–Crippen LogP) is 0.724. The first kappa shape index (κ1) is 9.38. The zero-order valence-electron chi connectivity index (χ0n) is 7.37. The van der Waals surface area contributed by atoms with E-state index in [1.54, 1.807) is 6.07 Å². The van der Waals surface area contributed by atoms with Crippen LogP contribution in [-0.4, -0.2) is 17.6 Å². The van der Waals surface area contributed by atoms with Crippen molar-refractivity contribution >= 4 is 11.6 Å². The highest BCUT2D eigenvalue weighted by atomic mass is 16.3. The van der Waals surface area contributed by atoms with Gasteiger partial charge in [-0.1, -0.05) is 0 Å². The first-order chi connectivity index (χ1) is 6.15. The van der Waals surface area contributed by atoms with Crippen LogP contribution in [0.25, 0.3) is 0 Å². The molecular weight excluding hydrogens is 168 g/mol. The fourth-order valence-corrected chi connectivity index (χ4v) is 0.948. The smallest absolute Gasteiger partial charge is 0.251 e. The summed E-state index contributed by atoms with van der Waals surface area (Å²) < 4.78 is 0. The Kier molecular flexibility index (Phi) is 2.74. The maximum atomic E-state index is 11.2. The van der Waals surface area contributed by atoms with Gasteiger partial charge in [0.2, 0.25) is 0 Å². The third-order valence-corrected chi connectivity index (χ3v) is 1.63. The summed E-state index contributed by atoms with van der Waals surface area (Å²) in [6, 6.07) is 4.42. The number of carbonyl (C=O) groups is 1. The number of phenolic OH excluding ortho intramolecular Hbond substituents is 1. The van der Waals surface area contributed by atoms with Crippen LogP contribution in [0.2, 0.25) is 0 Å². The average Bonchev–Trinajstić information content (AvgIpc) is 2.10. The SMILES string of the molecule is CCNC(=O)c1ccc(N)c(O)c1. The fraction of sp³-hybridized carbons (Fsp3) is 0.222. The number of nitrogens with one attached hydrogen (secondary N) is 1. The number of hydrogen-bond acceptors (Lipinski definition) is 3. The minimum Gasteiger partial charge on any atom is -0.506 e. The van der Waals surface area contributed by atoms with E-state index < -0.39 is 0 Å². The first-order valence-electron chi connectivity index (χ1n) is 4.02. The Morgan fingerprint density at radius 3 is 2.85 bits per heavy atom. The van der Waals surface area contributed by atoms with Gasteiger partial charge in [0.15, 0.2) is 0 Å². The third-order valence-electron chi connectivity index (χ3n) is 1.63. The number of rotatable bonds is 2. The summed E-state index contributed by atoms with van der Waals surface area (Å²) >= 11 is 0. The molecule has 0 aliphatic heterocycles. The lowest BCUT2D eigenvalue weighted by Gasteiger charge is -2.03. The number of benzene rings is 1. The van der Waals surface area contributed by atoms with Gasteiger partial charge in [-0.25, -0.2) is 0 Å². The highest BCUT2D eigenvalue weighted by Crippen LogP contribution is 2.20. The van der Waals surface area contributed by atoms with Crippen LogP contribution >= 0.6 is 0 Å². The van der Waals surface area contributed by atoms with E-state index in [-0.39, 0.29) is 17.3 Å². The molecule has 0 aliphatic rings. The van der Waals surface area contributed by atoms with Crippen molar-refractivity contribution in [3.63, 3.8) is 0 Å². The molecule has 1 aromatic carbocycles. The molecule has 0 spiro atoms. The van der Waals surface area contributed by atoms with E-state index in [2.05, 4.69) is 5.32 Å². The lowest BCUT2D eigenvalue weighted by molar-refractivity contribution is 0.0955. The van der Waals surface area contributed by atoms with Gasteiger partial charge in [0.1, 0.15) is 5.75 Å². The summed E-state index contributed by atoms with van der Waals surface area (Å²) in [7, 11) is 0. The van der Waals surface area contributed by atoms with E-state index in [4.69, 9.17) is 5.73 Å². The van der Waals surface area contributed by atoms with Crippen LogP contribution in [-0.2, 0) is 0 Å². The van der Waals surface area contributed by atoms with E-state index in [9.17, 15) is 9.90 Å². The van der Waals surface area contributed by atoms with Gasteiger partial charge in [-0.15, -0.1) is 0 Å². The molecule has 0 fully saturated rings. The quantitative estimate of drug-likeness (QED) is 0.463. The van der Waals surface area contributed by atoms with E-state index >= 15 is 0 Å². The topological polar surface area (TPSA) is 75.4 Å². The van der Waals surface area contributed by atoms with Crippen molar-refractivity contribution in [2.45, 2.75) is 6.92 Å². The van der Waals surface area contributed by atoms with Crippen molar-refractivity contribution < 1.29 is 9.90 Å². The van der Waals surface area contributed by atoms with Crippen LogP contribution in [0, 0.1) is 0 Å². The molecule has 0 aliphatic carbocycles. The molecule has 0 saturated heterocycles. The highest BCUT2D eigenvalue weighted by molar-refractivity contribution is 5.95. The van der Waals surface area contributed by atoms with Gasteiger partial charge >= 0.3 is 0 Å². The second-order valence-corrected chi connectivity index (χ2v) is 2.63. The Bertz CT molecular complexity index is 323. The average molecular weight is 180 g/mol. The molecule has 0 bridgehead atoms. The molecule has 1 amide bonds. The number of anilines is 1. The molecule has 1 aromatic rings. The summed E-state index contributed by atoms with van der Waals surface area (Å²) in [6.45, 7) is 2.39. The van der Waals surface area contributed by atoms with Crippen molar-refractivity contribution in [2.75, 3.05) is 12.3 Å². The molecule has 4 nitrogen and oxygen atoms in total. The predicted molar refractivity (Wildman–Crippen MR) is 50.5 cm³/mol. The second kappa shape index (κ2) is 3.80. The van der Waals surface area contributed by atoms with E-state index in [0.29, 0.717) is 12.1 Å². The van der Waals surface area contributed by atoms with Gasteiger partial charge in [0.05, 0.1) is 5.69 Å². The molecule has 1 rings (SSSR count). The van der Waals surface area contributed by atoms with E-state index in [1.807, 2.05) is 6.92 Å². The van der Waals surface area contributed by atoms with Gasteiger partial charge in [0, 0.05) is 12.1 Å². The Labute approximate surface area is 76.4 Å². The maximum absolute atomic E-state index is 11.2. The lowest BCUT2D eigenvalue weighted by atomic mass is 10.2. The van der Waals surface area contributed by atoms with Crippen LogP contribution in [0.1, 0.15) is 17.3 Å². The minimum atomic E-state index is -0.210. The third kappa shape index (κ3) is 2.11. The Morgan fingerprint density at radius 1 is 1.62 bits per heavy atom. The molecule has 0 heterocycles. The van der Waals surface area contributed by atoms with Crippen molar-refractivity contribution in [3.8, 4) is 5.75 Å². The van der Waals surface area contributed by atoms with Crippen molar-refractivity contribution in [2.24, 2.45) is 0 Å². The molecule has 13 heavy (non-hydrogen) atoms. The standard InChI is InChI=1S/C9H12N2O2/c1-2-11-9(13)6-3-4-7(10)8(12)5-6/h3-5,12H,2,10H2,1H3,(H,11,13).